The average Bonchev–Trinajstić information content (AvgIpc) is 2.95. The Kier molecular flexibility index (Phi) is 8.89. The van der Waals surface area contributed by atoms with Crippen molar-refractivity contribution in [2.75, 3.05) is 30.5 Å². The molecule has 1 aliphatic rings. The van der Waals surface area contributed by atoms with E-state index >= 15 is 0 Å². The maximum atomic E-state index is 13.9. The summed E-state index contributed by atoms with van der Waals surface area (Å²) < 4.78 is 42.4. The Balaban J connectivity index is 1.57. The molecule has 0 spiro atoms. The average molecular weight is 566 g/mol. The molecule has 0 unspecified atom stereocenters. The Morgan fingerprint density at radius 2 is 1.59 bits per heavy atom. The largest absolute Gasteiger partial charge is 0.368 e. The van der Waals surface area contributed by atoms with E-state index in [0.29, 0.717) is 48.0 Å². The quantitative estimate of drug-likeness (QED) is 0.304. The molecule has 202 valence electrons. The number of carbonyl (C=O) groups is 1. The molecular formula is C30H29ClFN3O3S. The Labute approximate surface area is 234 Å². The first kappa shape index (κ1) is 28.1. The third-order valence-corrected chi connectivity index (χ3v) is 8.48. The van der Waals surface area contributed by atoms with Crippen LogP contribution in [0.5, 0.6) is 0 Å². The van der Waals surface area contributed by atoms with Gasteiger partial charge in [0, 0.05) is 42.5 Å². The smallest absolute Gasteiger partial charge is 0.264 e. The fourth-order valence-corrected chi connectivity index (χ4v) is 5.98. The summed E-state index contributed by atoms with van der Waals surface area (Å²) in [5.74, 6) is -0.782. The highest BCUT2D eigenvalue weighted by atomic mass is 35.5. The lowest BCUT2D eigenvalue weighted by Gasteiger charge is -2.36. The lowest BCUT2D eigenvalue weighted by atomic mass is 10.1. The molecule has 1 saturated heterocycles. The third kappa shape index (κ3) is 6.58. The van der Waals surface area contributed by atoms with Gasteiger partial charge in [0.25, 0.3) is 15.9 Å². The minimum atomic E-state index is -4.12. The van der Waals surface area contributed by atoms with Crippen LogP contribution in [0.1, 0.15) is 15.9 Å². The molecule has 9 heteroatoms. The van der Waals surface area contributed by atoms with Gasteiger partial charge in [0.2, 0.25) is 0 Å². The molecule has 39 heavy (non-hydrogen) atoms. The first-order chi connectivity index (χ1) is 18.7. The molecule has 0 bridgehead atoms. The predicted octanol–water partition coefficient (Wildman–Crippen LogP) is 5.89. The van der Waals surface area contributed by atoms with Crippen LogP contribution in [-0.2, 0) is 16.6 Å². The molecule has 0 aliphatic carbocycles. The van der Waals surface area contributed by atoms with E-state index < -0.39 is 15.8 Å². The van der Waals surface area contributed by atoms with Crippen LogP contribution in [0.3, 0.4) is 0 Å². The summed E-state index contributed by atoms with van der Waals surface area (Å²) in [7, 11) is -4.12. The maximum Gasteiger partial charge on any atom is 0.264 e. The number of piperazine rings is 1. The number of nitrogens with zero attached hydrogens (tertiary/aromatic N) is 3. The second-order valence-electron chi connectivity index (χ2n) is 8.95. The van der Waals surface area contributed by atoms with Crippen molar-refractivity contribution in [2.24, 2.45) is 0 Å². The molecule has 0 N–H and O–H groups in total. The fraction of sp³-hybridized carbons (Fsp3) is 0.167. The van der Waals surface area contributed by atoms with E-state index in [4.69, 9.17) is 11.6 Å². The summed E-state index contributed by atoms with van der Waals surface area (Å²) in [4.78, 5) is 17.0. The van der Waals surface area contributed by atoms with Gasteiger partial charge in [-0.3, -0.25) is 9.10 Å². The summed E-state index contributed by atoms with van der Waals surface area (Å²) in [6.07, 6.45) is 5.36. The van der Waals surface area contributed by atoms with Crippen molar-refractivity contribution in [2.45, 2.75) is 11.4 Å². The van der Waals surface area contributed by atoms with Gasteiger partial charge in [0.15, 0.2) is 0 Å². The second-order valence-corrected chi connectivity index (χ2v) is 11.3. The number of hydrogen-bond donors (Lipinski definition) is 0. The van der Waals surface area contributed by atoms with Gasteiger partial charge < -0.3 is 9.80 Å². The minimum Gasteiger partial charge on any atom is -0.368 e. The first-order valence-electron chi connectivity index (χ1n) is 12.3. The van der Waals surface area contributed by atoms with Gasteiger partial charge in [-0.15, -0.1) is 0 Å². The molecule has 1 fully saturated rings. The number of amides is 1. The Bertz CT molecular complexity index is 1480. The van der Waals surface area contributed by atoms with Gasteiger partial charge in [-0.1, -0.05) is 49.0 Å². The van der Waals surface area contributed by atoms with Crippen LogP contribution in [0.2, 0.25) is 5.02 Å². The first-order valence-corrected chi connectivity index (χ1v) is 14.2. The van der Waals surface area contributed by atoms with Gasteiger partial charge in [-0.2, -0.15) is 0 Å². The number of anilines is 1. The molecule has 3 aromatic rings. The van der Waals surface area contributed by atoms with Gasteiger partial charge in [0.1, 0.15) is 5.82 Å². The number of sulfonamides is 1. The lowest BCUT2D eigenvalue weighted by Crippen LogP contribution is -2.48. The highest BCUT2D eigenvalue weighted by molar-refractivity contribution is 7.92. The van der Waals surface area contributed by atoms with Crippen molar-refractivity contribution in [3.8, 4) is 0 Å². The Hall–Kier alpha value is -3.88. The predicted molar refractivity (Wildman–Crippen MR) is 154 cm³/mol. The molecule has 0 saturated carbocycles. The molecule has 0 radical (unpaired) electrons. The van der Waals surface area contributed by atoms with E-state index in [0.717, 1.165) is 11.8 Å². The molecule has 3 aromatic carbocycles. The molecule has 6 nitrogen and oxygen atoms in total. The van der Waals surface area contributed by atoms with Crippen LogP contribution in [0.25, 0.3) is 0 Å². The SMILES string of the molecule is C=C/C=C(\C=C)N1CCN(C(=O)c2ccc(N(Cc3ccc(Cl)cc3)S(=O)(=O)c3cccc(F)c3)cc2)CC1. The molecule has 1 aliphatic heterocycles. The summed E-state index contributed by atoms with van der Waals surface area (Å²) in [6.45, 7) is 9.97. The second kappa shape index (κ2) is 12.3. The summed E-state index contributed by atoms with van der Waals surface area (Å²) >= 11 is 6.00. The Morgan fingerprint density at radius 3 is 2.18 bits per heavy atom. The van der Waals surface area contributed by atoms with Gasteiger partial charge in [-0.25, -0.2) is 12.8 Å². The summed E-state index contributed by atoms with van der Waals surface area (Å²) in [5, 5.41) is 0.527. The highest BCUT2D eigenvalue weighted by Gasteiger charge is 2.27. The Morgan fingerprint density at radius 1 is 0.949 bits per heavy atom. The number of benzene rings is 3. The normalized spacial score (nSPS) is 14.2. The topological polar surface area (TPSA) is 60.9 Å². The molecule has 1 heterocycles. The van der Waals surface area contributed by atoms with E-state index in [1.165, 1.54) is 22.5 Å². The van der Waals surface area contributed by atoms with Crippen molar-refractivity contribution in [3.05, 3.63) is 132 Å². The molecular weight excluding hydrogens is 537 g/mol. The zero-order valence-corrected chi connectivity index (χ0v) is 22.9. The fourth-order valence-electron chi connectivity index (χ4n) is 4.37. The van der Waals surface area contributed by atoms with E-state index in [1.54, 1.807) is 65.6 Å². The summed E-state index contributed by atoms with van der Waals surface area (Å²) in [5.41, 5.74) is 2.46. The van der Waals surface area contributed by atoms with Crippen LogP contribution in [0.15, 0.2) is 115 Å². The van der Waals surface area contributed by atoms with E-state index in [2.05, 4.69) is 18.1 Å². The van der Waals surface area contributed by atoms with Crippen molar-refractivity contribution in [3.63, 3.8) is 0 Å². The van der Waals surface area contributed by atoms with Crippen molar-refractivity contribution < 1.29 is 17.6 Å². The van der Waals surface area contributed by atoms with Crippen molar-refractivity contribution in [1.29, 1.82) is 0 Å². The lowest BCUT2D eigenvalue weighted by molar-refractivity contribution is 0.0672. The number of carbonyl (C=O) groups excluding carboxylic acids is 1. The van der Waals surface area contributed by atoms with Crippen LogP contribution in [0.4, 0.5) is 10.1 Å². The summed E-state index contributed by atoms with van der Waals surface area (Å²) in [6, 6.07) is 18.1. The zero-order chi connectivity index (χ0) is 28.0. The highest BCUT2D eigenvalue weighted by Crippen LogP contribution is 2.28. The number of allylic oxidation sites excluding steroid dienone is 3. The standard InChI is InChI=1S/C30H29ClFN3O3S/c1-3-6-27(4-2)33-17-19-34(20-18-33)30(36)24-11-15-28(16-12-24)35(22-23-9-13-25(31)14-10-23)39(37,38)29-8-5-7-26(32)21-29/h3-16,21H,1-2,17-20,22H2/b27-6+. The number of halogens is 2. The van der Waals surface area contributed by atoms with Crippen LogP contribution in [-0.4, -0.2) is 50.3 Å². The van der Waals surface area contributed by atoms with E-state index in [-0.39, 0.29) is 17.3 Å². The van der Waals surface area contributed by atoms with Gasteiger partial charge in [-0.05, 0) is 72.3 Å². The van der Waals surface area contributed by atoms with Crippen molar-refractivity contribution >= 4 is 33.2 Å². The number of rotatable bonds is 9. The monoisotopic (exact) mass is 565 g/mol. The molecule has 0 aromatic heterocycles. The zero-order valence-electron chi connectivity index (χ0n) is 21.3. The van der Waals surface area contributed by atoms with Gasteiger partial charge in [0.05, 0.1) is 17.1 Å². The molecule has 1 amide bonds. The molecule has 4 rings (SSSR count). The molecule has 0 atom stereocenters. The van der Waals surface area contributed by atoms with E-state index in [1.807, 2.05) is 6.08 Å². The van der Waals surface area contributed by atoms with Crippen molar-refractivity contribution in [1.82, 2.24) is 9.80 Å². The number of hydrogen-bond acceptors (Lipinski definition) is 4. The van der Waals surface area contributed by atoms with Crippen LogP contribution >= 0.6 is 11.6 Å². The maximum absolute atomic E-state index is 13.9. The third-order valence-electron chi connectivity index (χ3n) is 6.46. The van der Waals surface area contributed by atoms with E-state index in [9.17, 15) is 17.6 Å². The minimum absolute atomic E-state index is 0.00483. The van der Waals surface area contributed by atoms with Gasteiger partial charge >= 0.3 is 0 Å². The van der Waals surface area contributed by atoms with Crippen LogP contribution in [0, 0.1) is 5.82 Å². The van der Waals surface area contributed by atoms with Crippen LogP contribution < -0.4 is 4.31 Å².